The third-order valence-corrected chi connectivity index (χ3v) is 3.32. The maximum absolute atomic E-state index is 12.1. The first-order valence-corrected chi connectivity index (χ1v) is 6.09. The summed E-state index contributed by atoms with van der Waals surface area (Å²) in [6.45, 7) is 0. The van der Waals surface area contributed by atoms with E-state index in [9.17, 15) is 20.1 Å². The molecule has 6 heteroatoms. The van der Waals surface area contributed by atoms with Crippen LogP contribution in [0.4, 0.5) is 0 Å². The summed E-state index contributed by atoms with van der Waals surface area (Å²) in [4.78, 5) is 12.1. The molecule has 1 saturated heterocycles. The van der Waals surface area contributed by atoms with E-state index >= 15 is 0 Å². The molecule has 1 heterocycles. The summed E-state index contributed by atoms with van der Waals surface area (Å²) in [5.74, 6) is -0.586. The number of hydrogen-bond donors (Lipinski definition) is 3. The van der Waals surface area contributed by atoms with E-state index in [-0.39, 0.29) is 23.3 Å². The number of carbonyl (C=O) groups excluding carboxylic acids is 1. The van der Waals surface area contributed by atoms with Gasteiger partial charge in [-0.15, -0.1) is 0 Å². The smallest absolute Gasteiger partial charge is 0.242 e. The van der Waals surface area contributed by atoms with Crippen molar-refractivity contribution in [1.82, 2.24) is 10.0 Å². The molecule has 2 atom stereocenters. The molecule has 1 aliphatic rings. The molecule has 1 amide bonds. The van der Waals surface area contributed by atoms with Crippen LogP contribution in [0.1, 0.15) is 12.0 Å². The fourth-order valence-electron chi connectivity index (χ4n) is 2.41. The van der Waals surface area contributed by atoms with E-state index in [2.05, 4.69) is 0 Å². The first-order valence-electron chi connectivity index (χ1n) is 6.09. The van der Waals surface area contributed by atoms with E-state index in [4.69, 9.17) is 0 Å². The fraction of sp³-hybridized carbons (Fsp3) is 0.462. The number of nitrogens with zero attached hydrogens (tertiary/aromatic N) is 2. The molecule has 1 aromatic rings. The molecule has 6 nitrogen and oxygen atoms in total. The van der Waals surface area contributed by atoms with Gasteiger partial charge in [-0.2, -0.15) is 0 Å². The van der Waals surface area contributed by atoms with Crippen LogP contribution in [0, 0.1) is 5.92 Å². The molecule has 1 fully saturated rings. The van der Waals surface area contributed by atoms with Gasteiger partial charge in [-0.1, -0.05) is 6.07 Å². The van der Waals surface area contributed by atoms with Crippen molar-refractivity contribution in [3.8, 4) is 11.5 Å². The lowest BCUT2D eigenvalue weighted by molar-refractivity contribution is -0.156. The van der Waals surface area contributed by atoms with Crippen molar-refractivity contribution in [3.05, 3.63) is 23.8 Å². The Morgan fingerprint density at radius 2 is 2.05 bits per heavy atom. The minimum Gasteiger partial charge on any atom is -0.508 e. The van der Waals surface area contributed by atoms with Crippen molar-refractivity contribution in [2.24, 2.45) is 5.92 Å². The van der Waals surface area contributed by atoms with Crippen molar-refractivity contribution in [2.75, 3.05) is 14.1 Å². The van der Waals surface area contributed by atoms with E-state index in [0.29, 0.717) is 18.4 Å². The number of hydrogen-bond acceptors (Lipinski definition) is 5. The topological polar surface area (TPSA) is 84.2 Å². The van der Waals surface area contributed by atoms with Gasteiger partial charge in [-0.05, 0) is 18.1 Å². The Morgan fingerprint density at radius 3 is 2.58 bits per heavy atom. The number of carbonyl (C=O) groups is 1. The molecular formula is C13H18N2O4. The summed E-state index contributed by atoms with van der Waals surface area (Å²) >= 11 is 0. The minimum atomic E-state index is -0.827. The van der Waals surface area contributed by atoms with Gasteiger partial charge in [-0.25, -0.2) is 10.0 Å². The monoisotopic (exact) mass is 266 g/mol. The average Bonchev–Trinajstić information content (AvgIpc) is 2.58. The van der Waals surface area contributed by atoms with E-state index in [1.165, 1.54) is 17.1 Å². The summed E-state index contributed by atoms with van der Waals surface area (Å²) < 4.78 is 0. The number of aromatic hydroxyl groups is 2. The van der Waals surface area contributed by atoms with Crippen LogP contribution in [0.25, 0.3) is 0 Å². The molecule has 0 spiro atoms. The Hall–Kier alpha value is -1.79. The molecule has 19 heavy (non-hydrogen) atoms. The number of phenolic OH excluding ortho intramolecular Hbond substituents is 2. The van der Waals surface area contributed by atoms with Gasteiger partial charge < -0.3 is 15.3 Å². The number of rotatable bonds is 3. The Morgan fingerprint density at radius 1 is 1.37 bits per heavy atom. The molecule has 0 radical (unpaired) electrons. The number of hydrazine groups is 1. The van der Waals surface area contributed by atoms with E-state index in [0.717, 1.165) is 0 Å². The second-order valence-electron chi connectivity index (χ2n) is 4.96. The van der Waals surface area contributed by atoms with Crippen LogP contribution in [0.3, 0.4) is 0 Å². The van der Waals surface area contributed by atoms with Crippen molar-refractivity contribution >= 4 is 5.91 Å². The van der Waals surface area contributed by atoms with Crippen LogP contribution in [0.2, 0.25) is 0 Å². The van der Waals surface area contributed by atoms with Gasteiger partial charge >= 0.3 is 0 Å². The van der Waals surface area contributed by atoms with Gasteiger partial charge in [0.25, 0.3) is 0 Å². The Bertz CT molecular complexity index is 490. The number of benzene rings is 1. The second kappa shape index (κ2) is 5.07. The largest absolute Gasteiger partial charge is 0.508 e. The molecule has 0 aliphatic carbocycles. The summed E-state index contributed by atoms with van der Waals surface area (Å²) in [5.41, 5.74) is 0.587. The standard InChI is InChI=1S/C13H18N2O4/c1-14(2)15-12(18)6-9(13(15)19)5-8-3-4-10(16)7-11(8)17/h3-4,7,9,12,16-18H,5-6H2,1-2H3. The summed E-state index contributed by atoms with van der Waals surface area (Å²) in [5, 5.41) is 31.7. The molecule has 3 N–H and O–H groups in total. The summed E-state index contributed by atoms with van der Waals surface area (Å²) in [7, 11) is 3.39. The van der Waals surface area contributed by atoms with Gasteiger partial charge in [-0.3, -0.25) is 4.79 Å². The molecule has 2 unspecified atom stereocenters. The maximum Gasteiger partial charge on any atom is 0.242 e. The quantitative estimate of drug-likeness (QED) is 0.732. The van der Waals surface area contributed by atoms with Crippen molar-refractivity contribution in [3.63, 3.8) is 0 Å². The molecule has 104 valence electrons. The zero-order valence-electron chi connectivity index (χ0n) is 10.9. The molecule has 0 saturated carbocycles. The highest BCUT2D eigenvalue weighted by Crippen LogP contribution is 2.31. The second-order valence-corrected chi connectivity index (χ2v) is 4.96. The zero-order chi connectivity index (χ0) is 14.2. The van der Waals surface area contributed by atoms with Crippen LogP contribution in [0.5, 0.6) is 11.5 Å². The number of aliphatic hydroxyl groups excluding tert-OH is 1. The van der Waals surface area contributed by atoms with E-state index < -0.39 is 6.23 Å². The lowest BCUT2D eigenvalue weighted by atomic mass is 9.97. The first kappa shape index (κ1) is 13.6. The predicted octanol–water partition coefficient (Wildman–Crippen LogP) is 0.284. The normalized spacial score (nSPS) is 23.4. The van der Waals surface area contributed by atoms with Gasteiger partial charge in [0.2, 0.25) is 5.91 Å². The van der Waals surface area contributed by atoms with Gasteiger partial charge in [0.15, 0.2) is 0 Å². The third kappa shape index (κ3) is 2.64. The SMILES string of the molecule is CN(C)N1C(=O)C(Cc2ccc(O)cc2O)CC1O. The Balaban J connectivity index is 2.14. The van der Waals surface area contributed by atoms with Crippen LogP contribution in [-0.4, -0.2) is 51.6 Å². The Labute approximate surface area is 111 Å². The lowest BCUT2D eigenvalue weighted by Crippen LogP contribution is -2.44. The first-order chi connectivity index (χ1) is 8.90. The van der Waals surface area contributed by atoms with Gasteiger partial charge in [0, 0.05) is 32.5 Å². The minimum absolute atomic E-state index is 0.0195. The summed E-state index contributed by atoms with van der Waals surface area (Å²) in [6, 6.07) is 4.30. The summed E-state index contributed by atoms with van der Waals surface area (Å²) in [6.07, 6.45) is -0.157. The maximum atomic E-state index is 12.1. The van der Waals surface area contributed by atoms with E-state index in [1.54, 1.807) is 25.2 Å². The average molecular weight is 266 g/mol. The third-order valence-electron chi connectivity index (χ3n) is 3.32. The molecular weight excluding hydrogens is 248 g/mol. The van der Waals surface area contributed by atoms with Gasteiger partial charge in [0.1, 0.15) is 17.7 Å². The van der Waals surface area contributed by atoms with Gasteiger partial charge in [0.05, 0.1) is 0 Å². The number of amides is 1. The Kier molecular flexibility index (Phi) is 3.64. The molecule has 1 aromatic carbocycles. The van der Waals surface area contributed by atoms with Crippen molar-refractivity contribution in [2.45, 2.75) is 19.1 Å². The highest BCUT2D eigenvalue weighted by Gasteiger charge is 2.40. The highest BCUT2D eigenvalue weighted by atomic mass is 16.3. The fourth-order valence-corrected chi connectivity index (χ4v) is 2.41. The van der Waals surface area contributed by atoms with Crippen LogP contribution in [-0.2, 0) is 11.2 Å². The number of phenols is 2. The number of aliphatic hydroxyl groups is 1. The van der Waals surface area contributed by atoms with Crippen LogP contribution < -0.4 is 0 Å². The van der Waals surface area contributed by atoms with E-state index in [1.807, 2.05) is 0 Å². The molecule has 2 rings (SSSR count). The zero-order valence-corrected chi connectivity index (χ0v) is 10.9. The molecule has 0 aromatic heterocycles. The predicted molar refractivity (Wildman–Crippen MR) is 68.1 cm³/mol. The highest BCUT2D eigenvalue weighted by molar-refractivity contribution is 5.81. The van der Waals surface area contributed by atoms with Crippen molar-refractivity contribution in [1.29, 1.82) is 0 Å². The molecule has 1 aliphatic heterocycles. The molecule has 0 bridgehead atoms. The van der Waals surface area contributed by atoms with Crippen molar-refractivity contribution < 1.29 is 20.1 Å². The lowest BCUT2D eigenvalue weighted by Gasteiger charge is -2.27. The van der Waals surface area contributed by atoms with Crippen LogP contribution in [0.15, 0.2) is 18.2 Å². The van der Waals surface area contributed by atoms with Crippen LogP contribution >= 0.6 is 0 Å².